The van der Waals surface area contributed by atoms with Crippen LogP contribution in [0.2, 0.25) is 0 Å². The van der Waals surface area contributed by atoms with E-state index < -0.39 is 0 Å². The van der Waals surface area contributed by atoms with E-state index in [0.717, 1.165) is 37.5 Å². The molecule has 0 bridgehead atoms. The van der Waals surface area contributed by atoms with E-state index in [0.29, 0.717) is 18.3 Å². The van der Waals surface area contributed by atoms with Gasteiger partial charge >= 0.3 is 0 Å². The molecular weight excluding hydrogens is 511 g/mol. The van der Waals surface area contributed by atoms with Crippen molar-refractivity contribution < 1.29 is 9.53 Å². The Labute approximate surface area is 195 Å². The minimum atomic E-state index is -0.0664. The van der Waals surface area contributed by atoms with Crippen molar-refractivity contribution in [1.82, 2.24) is 14.8 Å². The number of aryl methyl sites for hydroxylation is 3. The molecule has 0 aliphatic heterocycles. The average molecular weight is 536 g/mol. The molecule has 0 unspecified atom stereocenters. The normalized spacial score (nSPS) is 10.8. The lowest BCUT2D eigenvalue weighted by atomic mass is 10.1. The summed E-state index contributed by atoms with van der Waals surface area (Å²) in [5.41, 5.74) is 4.06. The molecule has 1 amide bonds. The van der Waals surface area contributed by atoms with Gasteiger partial charge in [-0.2, -0.15) is 0 Å². The van der Waals surface area contributed by atoms with E-state index in [4.69, 9.17) is 4.74 Å². The highest BCUT2D eigenvalue weighted by atomic mass is 127. The van der Waals surface area contributed by atoms with Crippen LogP contribution in [0, 0.1) is 24.3 Å². The zero-order valence-corrected chi connectivity index (χ0v) is 20.5. The van der Waals surface area contributed by atoms with Crippen molar-refractivity contribution in [2.45, 2.75) is 46.0 Å². The third-order valence-corrected chi connectivity index (χ3v) is 6.30. The first-order chi connectivity index (χ1) is 14.4. The lowest BCUT2D eigenvalue weighted by molar-refractivity contribution is -0.113. The van der Waals surface area contributed by atoms with Crippen molar-refractivity contribution >= 4 is 45.9 Å². The Morgan fingerprint density at radius 2 is 1.87 bits per heavy atom. The number of para-hydroxylation sites is 1. The molecule has 6 nitrogen and oxygen atoms in total. The minimum Gasteiger partial charge on any atom is -0.485 e. The van der Waals surface area contributed by atoms with Gasteiger partial charge in [0.25, 0.3) is 0 Å². The van der Waals surface area contributed by atoms with E-state index in [1.54, 1.807) is 0 Å². The summed E-state index contributed by atoms with van der Waals surface area (Å²) in [5.74, 6) is 1.82. The van der Waals surface area contributed by atoms with Crippen molar-refractivity contribution in [3.63, 3.8) is 0 Å². The lowest BCUT2D eigenvalue weighted by Gasteiger charge is -2.12. The van der Waals surface area contributed by atoms with Gasteiger partial charge in [-0.3, -0.25) is 4.79 Å². The summed E-state index contributed by atoms with van der Waals surface area (Å²) in [6.07, 6.45) is 0. The molecule has 0 aliphatic rings. The average Bonchev–Trinajstić information content (AvgIpc) is 3.10. The highest BCUT2D eigenvalue weighted by Gasteiger charge is 2.15. The third-order valence-electron chi connectivity index (χ3n) is 4.66. The molecule has 2 aromatic carbocycles. The van der Waals surface area contributed by atoms with Crippen LogP contribution < -0.4 is 10.1 Å². The number of thioether (sulfide) groups is 1. The van der Waals surface area contributed by atoms with Crippen LogP contribution in [0.4, 0.5) is 5.69 Å². The number of aromatic nitrogens is 3. The Hall–Kier alpha value is -2.07. The van der Waals surface area contributed by atoms with Crippen LogP contribution in [0.1, 0.15) is 29.4 Å². The fourth-order valence-electron chi connectivity index (χ4n) is 3.10. The summed E-state index contributed by atoms with van der Waals surface area (Å²) < 4.78 is 9.15. The summed E-state index contributed by atoms with van der Waals surface area (Å²) >= 11 is 3.64. The van der Waals surface area contributed by atoms with Gasteiger partial charge < -0.3 is 14.6 Å². The van der Waals surface area contributed by atoms with Gasteiger partial charge in [-0.15, -0.1) is 10.2 Å². The third kappa shape index (κ3) is 5.54. The van der Waals surface area contributed by atoms with Crippen molar-refractivity contribution in [3.8, 4) is 5.75 Å². The van der Waals surface area contributed by atoms with Crippen LogP contribution in [0.3, 0.4) is 0 Å². The van der Waals surface area contributed by atoms with Crippen LogP contribution in [0.25, 0.3) is 0 Å². The number of nitrogens with zero attached hydrogens (tertiary/aromatic N) is 3. The molecule has 0 saturated heterocycles. The van der Waals surface area contributed by atoms with Crippen molar-refractivity contribution in [2.24, 2.45) is 0 Å². The highest BCUT2D eigenvalue weighted by Crippen LogP contribution is 2.24. The maximum Gasteiger partial charge on any atom is 0.234 e. The maximum atomic E-state index is 12.4. The molecule has 30 heavy (non-hydrogen) atoms. The van der Waals surface area contributed by atoms with Crippen LogP contribution >= 0.6 is 34.4 Å². The standard InChI is InChI=1S/C22H25IN4O2S/c1-5-27-19(12-29-21-14(2)7-6-8-15(21)3)25-26-22(27)30-13-20(28)24-18-10-9-17(23)11-16(18)4/h6-11H,5,12-13H2,1-4H3,(H,24,28). The summed E-state index contributed by atoms with van der Waals surface area (Å²) in [7, 11) is 0. The summed E-state index contributed by atoms with van der Waals surface area (Å²) in [5, 5.41) is 12.2. The molecule has 0 spiro atoms. The molecule has 0 aliphatic carbocycles. The topological polar surface area (TPSA) is 69.0 Å². The quantitative estimate of drug-likeness (QED) is 0.319. The summed E-state index contributed by atoms with van der Waals surface area (Å²) in [6, 6.07) is 12.0. The molecule has 0 atom stereocenters. The molecule has 3 rings (SSSR count). The minimum absolute atomic E-state index is 0.0664. The number of anilines is 1. The number of ether oxygens (including phenoxy) is 1. The van der Waals surface area contributed by atoms with E-state index in [9.17, 15) is 4.79 Å². The molecular formula is C22H25IN4O2S. The number of nitrogens with one attached hydrogen (secondary N) is 1. The molecule has 0 radical (unpaired) electrons. The lowest BCUT2D eigenvalue weighted by Crippen LogP contribution is -2.15. The highest BCUT2D eigenvalue weighted by molar-refractivity contribution is 14.1. The molecule has 158 valence electrons. The second-order valence-corrected chi connectivity index (χ2v) is 9.14. The fraction of sp³-hybridized carbons (Fsp3) is 0.318. The van der Waals surface area contributed by atoms with Crippen molar-refractivity contribution in [2.75, 3.05) is 11.1 Å². The number of amides is 1. The van der Waals surface area contributed by atoms with E-state index >= 15 is 0 Å². The molecule has 1 aromatic heterocycles. The molecule has 0 saturated carbocycles. The Morgan fingerprint density at radius 3 is 2.53 bits per heavy atom. The van der Waals surface area contributed by atoms with Gasteiger partial charge in [0.2, 0.25) is 5.91 Å². The van der Waals surface area contributed by atoms with Crippen LogP contribution in [0.15, 0.2) is 41.6 Å². The number of halogens is 1. The monoisotopic (exact) mass is 536 g/mol. The molecule has 8 heteroatoms. The Bertz CT molecular complexity index is 1030. The largest absolute Gasteiger partial charge is 0.485 e. The van der Waals surface area contributed by atoms with Gasteiger partial charge in [0.05, 0.1) is 5.75 Å². The SMILES string of the molecule is CCn1c(COc2c(C)cccc2C)nnc1SCC(=O)Nc1ccc(I)cc1C. The number of rotatable bonds is 8. The fourth-order valence-corrected chi connectivity index (χ4v) is 4.57. The molecule has 1 heterocycles. The van der Waals surface area contributed by atoms with Crippen LogP contribution in [0.5, 0.6) is 5.75 Å². The van der Waals surface area contributed by atoms with Gasteiger partial charge in [0, 0.05) is 15.8 Å². The predicted molar refractivity (Wildman–Crippen MR) is 129 cm³/mol. The Morgan fingerprint density at radius 1 is 1.13 bits per heavy atom. The number of benzene rings is 2. The smallest absolute Gasteiger partial charge is 0.234 e. The summed E-state index contributed by atoms with van der Waals surface area (Å²) in [6.45, 7) is 9.12. The van der Waals surface area contributed by atoms with Crippen molar-refractivity contribution in [1.29, 1.82) is 0 Å². The second kappa shape index (κ2) is 10.3. The first-order valence-corrected chi connectivity index (χ1v) is 11.7. The van der Waals surface area contributed by atoms with E-state index in [1.165, 1.54) is 11.8 Å². The maximum absolute atomic E-state index is 12.4. The Kier molecular flexibility index (Phi) is 7.76. The second-order valence-electron chi connectivity index (χ2n) is 6.95. The Balaban J connectivity index is 1.62. The van der Waals surface area contributed by atoms with Gasteiger partial charge in [0.1, 0.15) is 12.4 Å². The summed E-state index contributed by atoms with van der Waals surface area (Å²) in [4.78, 5) is 12.4. The van der Waals surface area contributed by atoms with Gasteiger partial charge in [-0.05, 0) is 85.2 Å². The molecule has 0 fully saturated rings. The number of carbonyl (C=O) groups excluding carboxylic acids is 1. The van der Waals surface area contributed by atoms with Crippen LogP contribution in [-0.4, -0.2) is 26.4 Å². The van der Waals surface area contributed by atoms with E-state index in [-0.39, 0.29) is 11.7 Å². The van der Waals surface area contributed by atoms with Crippen molar-refractivity contribution in [3.05, 3.63) is 62.5 Å². The number of hydrogen-bond donors (Lipinski definition) is 1. The van der Waals surface area contributed by atoms with E-state index in [2.05, 4.69) is 38.1 Å². The van der Waals surface area contributed by atoms with Gasteiger partial charge in [-0.1, -0.05) is 30.0 Å². The number of hydrogen-bond acceptors (Lipinski definition) is 5. The number of carbonyl (C=O) groups is 1. The van der Waals surface area contributed by atoms with Crippen LogP contribution in [-0.2, 0) is 17.9 Å². The zero-order chi connectivity index (χ0) is 21.7. The van der Waals surface area contributed by atoms with Gasteiger partial charge in [0.15, 0.2) is 11.0 Å². The predicted octanol–water partition coefficient (Wildman–Crippen LogP) is 5.14. The van der Waals surface area contributed by atoms with E-state index in [1.807, 2.05) is 68.7 Å². The van der Waals surface area contributed by atoms with Gasteiger partial charge in [-0.25, -0.2) is 0 Å². The molecule has 1 N–H and O–H groups in total. The first kappa shape index (κ1) is 22.6. The first-order valence-electron chi connectivity index (χ1n) is 9.69. The zero-order valence-electron chi connectivity index (χ0n) is 17.5. The molecule has 3 aromatic rings.